The molecule has 1 aliphatic rings. The van der Waals surface area contributed by atoms with Crippen molar-refractivity contribution in [3.63, 3.8) is 0 Å². The molecule has 0 bridgehead atoms. The first-order valence-electron chi connectivity index (χ1n) is 6.98. The lowest BCUT2D eigenvalue weighted by atomic mass is 10.2. The number of thiocarbonyl (C=S) groups is 1. The molecule has 1 N–H and O–H groups in total. The van der Waals surface area contributed by atoms with E-state index in [1.54, 1.807) is 6.07 Å². The average molecular weight is 472 g/mol. The predicted octanol–water partition coefficient (Wildman–Crippen LogP) is 5.12. The summed E-state index contributed by atoms with van der Waals surface area (Å²) < 4.78 is 0.938. The van der Waals surface area contributed by atoms with Crippen LogP contribution in [0.2, 0.25) is 5.02 Å². The maximum Gasteiger partial charge on any atom is 0.270 e. The summed E-state index contributed by atoms with van der Waals surface area (Å²) in [5.41, 5.74) is 0.718. The maximum absolute atomic E-state index is 12.7. The van der Waals surface area contributed by atoms with Gasteiger partial charge >= 0.3 is 0 Å². The number of hydrogen-bond acceptors (Lipinski definition) is 6. The van der Waals surface area contributed by atoms with E-state index in [0.717, 1.165) is 11.8 Å². The van der Waals surface area contributed by atoms with Gasteiger partial charge < -0.3 is 5.11 Å². The van der Waals surface area contributed by atoms with E-state index in [4.69, 9.17) is 23.8 Å². The van der Waals surface area contributed by atoms with Crippen LogP contribution in [0.4, 0.5) is 11.4 Å². The van der Waals surface area contributed by atoms with Gasteiger partial charge in [0.2, 0.25) is 0 Å². The summed E-state index contributed by atoms with van der Waals surface area (Å²) in [5.74, 6) is -0.528. The molecular weight excluding hydrogens is 464 g/mol. The number of halogens is 2. The van der Waals surface area contributed by atoms with Gasteiger partial charge in [0.1, 0.15) is 5.75 Å². The number of nitro benzene ring substituents is 1. The number of hydrogen-bond donors (Lipinski definition) is 1. The van der Waals surface area contributed by atoms with Crippen LogP contribution in [-0.4, -0.2) is 20.3 Å². The van der Waals surface area contributed by atoms with Crippen LogP contribution >= 0.6 is 51.5 Å². The van der Waals surface area contributed by atoms with Crippen molar-refractivity contribution < 1.29 is 14.8 Å². The molecule has 2 aromatic rings. The molecule has 10 heteroatoms. The van der Waals surface area contributed by atoms with Crippen LogP contribution < -0.4 is 4.90 Å². The summed E-state index contributed by atoms with van der Waals surface area (Å²) in [6, 6.07) is 8.68. The summed E-state index contributed by atoms with van der Waals surface area (Å²) in [7, 11) is 0. The molecule has 1 fully saturated rings. The molecule has 132 valence electrons. The summed E-state index contributed by atoms with van der Waals surface area (Å²) in [5, 5.41) is 21.0. The smallest absolute Gasteiger partial charge is 0.270 e. The van der Waals surface area contributed by atoms with Crippen molar-refractivity contribution in [3.05, 3.63) is 66.5 Å². The van der Waals surface area contributed by atoms with Gasteiger partial charge in [0.05, 0.1) is 20.5 Å². The van der Waals surface area contributed by atoms with E-state index in [1.165, 1.54) is 41.3 Å². The van der Waals surface area contributed by atoms with E-state index < -0.39 is 4.92 Å². The van der Waals surface area contributed by atoms with Crippen molar-refractivity contribution in [1.29, 1.82) is 0 Å². The van der Waals surface area contributed by atoms with Crippen molar-refractivity contribution in [3.8, 4) is 5.75 Å². The SMILES string of the molecule is O=C1/C(=C\c2cc(Br)cc(Cl)c2O)SC(=S)N1c1ccc([N+](=O)[O-])cc1. The highest BCUT2D eigenvalue weighted by Crippen LogP contribution is 2.39. The third-order valence-corrected chi connectivity index (χ3v) is 5.50. The Morgan fingerprint density at radius 3 is 2.58 bits per heavy atom. The quantitative estimate of drug-likeness (QED) is 0.289. The maximum atomic E-state index is 12.7. The number of phenolic OH excluding ortho intramolecular Hbond substituents is 1. The number of carbonyl (C=O) groups excluding carboxylic acids is 1. The Morgan fingerprint density at radius 1 is 1.31 bits per heavy atom. The number of carbonyl (C=O) groups is 1. The number of rotatable bonds is 3. The third kappa shape index (κ3) is 3.61. The second-order valence-corrected chi connectivity index (χ2v) is 8.11. The lowest BCUT2D eigenvalue weighted by Crippen LogP contribution is -2.27. The summed E-state index contributed by atoms with van der Waals surface area (Å²) in [6.07, 6.45) is 1.50. The molecule has 0 aromatic heterocycles. The zero-order valence-corrected chi connectivity index (χ0v) is 16.7. The second kappa shape index (κ2) is 7.36. The number of anilines is 1. The molecule has 0 spiro atoms. The summed E-state index contributed by atoms with van der Waals surface area (Å²) in [6.45, 7) is 0. The van der Waals surface area contributed by atoms with Gasteiger partial charge in [0.15, 0.2) is 4.32 Å². The fourth-order valence-corrected chi connectivity index (χ4v) is 4.37. The fourth-order valence-electron chi connectivity index (χ4n) is 2.25. The normalized spacial score (nSPS) is 15.8. The van der Waals surface area contributed by atoms with Gasteiger partial charge in [-0.05, 0) is 30.3 Å². The van der Waals surface area contributed by atoms with Gasteiger partial charge in [0, 0.05) is 22.2 Å². The van der Waals surface area contributed by atoms with Crippen LogP contribution in [0.15, 0.2) is 45.8 Å². The summed E-state index contributed by atoms with van der Waals surface area (Å²) in [4.78, 5) is 24.5. The van der Waals surface area contributed by atoms with Crippen molar-refractivity contribution >= 4 is 79.2 Å². The number of aromatic hydroxyl groups is 1. The first-order valence-corrected chi connectivity index (χ1v) is 9.38. The van der Waals surface area contributed by atoms with Crippen LogP contribution in [0.3, 0.4) is 0 Å². The molecule has 1 heterocycles. The summed E-state index contributed by atoms with van der Waals surface area (Å²) >= 11 is 15.6. The van der Waals surface area contributed by atoms with Gasteiger partial charge in [-0.15, -0.1) is 0 Å². The van der Waals surface area contributed by atoms with E-state index >= 15 is 0 Å². The Labute approximate surface area is 170 Å². The first kappa shape index (κ1) is 18.8. The van der Waals surface area contributed by atoms with Gasteiger partial charge in [-0.3, -0.25) is 19.8 Å². The zero-order chi connectivity index (χ0) is 19.0. The van der Waals surface area contributed by atoms with Crippen molar-refractivity contribution in [2.45, 2.75) is 0 Å². The number of thioether (sulfide) groups is 1. The molecule has 1 aliphatic heterocycles. The Bertz CT molecular complexity index is 979. The van der Waals surface area contributed by atoms with Crippen LogP contribution in [0.25, 0.3) is 6.08 Å². The highest BCUT2D eigenvalue weighted by molar-refractivity contribution is 9.10. The number of benzene rings is 2. The number of phenols is 1. The molecule has 6 nitrogen and oxygen atoms in total. The minimum Gasteiger partial charge on any atom is -0.506 e. The largest absolute Gasteiger partial charge is 0.506 e. The van der Waals surface area contributed by atoms with Crippen LogP contribution in [0.1, 0.15) is 5.56 Å². The topological polar surface area (TPSA) is 83.7 Å². The molecule has 0 unspecified atom stereocenters. The minimum atomic E-state index is -0.520. The zero-order valence-electron chi connectivity index (χ0n) is 12.7. The predicted molar refractivity (Wildman–Crippen MR) is 110 cm³/mol. The van der Waals surface area contributed by atoms with Crippen molar-refractivity contribution in [2.75, 3.05) is 4.90 Å². The molecule has 0 saturated carbocycles. The molecule has 1 saturated heterocycles. The van der Waals surface area contributed by atoms with Crippen molar-refractivity contribution in [2.24, 2.45) is 0 Å². The van der Waals surface area contributed by atoms with Crippen molar-refractivity contribution in [1.82, 2.24) is 0 Å². The van der Waals surface area contributed by atoms with Gasteiger partial charge in [-0.1, -0.05) is 51.5 Å². The number of nitrogens with zero attached hydrogens (tertiary/aromatic N) is 2. The van der Waals surface area contributed by atoms with E-state index in [-0.39, 0.29) is 26.7 Å². The molecule has 0 atom stereocenters. The Morgan fingerprint density at radius 2 is 1.96 bits per heavy atom. The molecule has 26 heavy (non-hydrogen) atoms. The molecule has 0 aliphatic carbocycles. The van der Waals surface area contributed by atoms with E-state index in [0.29, 0.717) is 20.6 Å². The lowest BCUT2D eigenvalue weighted by Gasteiger charge is -2.14. The molecule has 2 aromatic carbocycles. The van der Waals surface area contributed by atoms with E-state index in [1.807, 2.05) is 0 Å². The second-order valence-electron chi connectivity index (χ2n) is 5.12. The van der Waals surface area contributed by atoms with Crippen LogP contribution in [0, 0.1) is 10.1 Å². The highest BCUT2D eigenvalue weighted by Gasteiger charge is 2.33. The van der Waals surface area contributed by atoms with E-state index in [2.05, 4.69) is 15.9 Å². The fraction of sp³-hybridized carbons (Fsp3) is 0. The van der Waals surface area contributed by atoms with Gasteiger partial charge in [-0.2, -0.15) is 0 Å². The molecule has 3 rings (SSSR count). The Hall–Kier alpha value is -1.94. The Kier molecular flexibility index (Phi) is 5.33. The van der Waals surface area contributed by atoms with Gasteiger partial charge in [-0.25, -0.2) is 0 Å². The van der Waals surface area contributed by atoms with Gasteiger partial charge in [0.25, 0.3) is 11.6 Å². The standard InChI is InChI=1S/C16H8BrClN2O4S2/c17-9-5-8(14(21)12(18)7-9)6-13-15(22)19(16(25)26-13)10-1-3-11(4-2-10)20(23)24/h1-7,21H/b13-6+. The van der Waals surface area contributed by atoms with E-state index in [9.17, 15) is 20.0 Å². The molecule has 0 radical (unpaired) electrons. The number of nitro groups is 1. The van der Waals surface area contributed by atoms with Crippen LogP contribution in [-0.2, 0) is 4.79 Å². The first-order chi connectivity index (χ1) is 12.3. The average Bonchev–Trinajstić information content (AvgIpc) is 2.86. The van der Waals surface area contributed by atoms with Crippen LogP contribution in [0.5, 0.6) is 5.75 Å². The monoisotopic (exact) mass is 470 g/mol. The lowest BCUT2D eigenvalue weighted by molar-refractivity contribution is -0.384. The number of amides is 1. The third-order valence-electron chi connectivity index (χ3n) is 3.46. The Balaban J connectivity index is 1.95. The number of non-ortho nitro benzene ring substituents is 1. The molecule has 1 amide bonds. The minimum absolute atomic E-state index is 0.0802. The highest BCUT2D eigenvalue weighted by atomic mass is 79.9. The molecular formula is C16H8BrClN2O4S2.